The van der Waals surface area contributed by atoms with Crippen molar-refractivity contribution in [3.05, 3.63) is 249 Å². The second-order valence-corrected chi connectivity index (χ2v) is 41.5. The van der Waals surface area contributed by atoms with Crippen LogP contribution in [0.1, 0.15) is 389 Å². The molecule has 0 atom stereocenters. The van der Waals surface area contributed by atoms with Gasteiger partial charge in [0.15, 0.2) is 0 Å². The normalized spacial score (nSPS) is 12.6. The molecule has 0 heterocycles. The smallest absolute Gasteiger partial charge is 0.00703 e. The Morgan fingerprint density at radius 1 is 0.172 bits per heavy atom. The van der Waals surface area contributed by atoms with Crippen molar-refractivity contribution in [2.45, 2.75) is 361 Å². The lowest BCUT2D eigenvalue weighted by Crippen LogP contribution is -1.94. The Labute approximate surface area is 779 Å². The third-order valence-corrected chi connectivity index (χ3v) is 29.3. The number of allylic oxidation sites excluding steroid dienone is 12. The number of unbranched alkanes of at least 4 members (excludes halogenated alkanes) is 42. The van der Waals surface area contributed by atoms with Crippen molar-refractivity contribution < 1.29 is 0 Å². The molecule has 122 heavy (non-hydrogen) atoms. The third-order valence-electron chi connectivity index (χ3n) is 25.2. The number of aryl methyl sites for hydroxylation is 6. The van der Waals surface area contributed by atoms with Gasteiger partial charge in [-0.1, -0.05) is 389 Å². The molecule has 0 aliphatic carbocycles. The third kappa shape index (κ3) is 50.6. The summed E-state index contributed by atoms with van der Waals surface area (Å²) in [5, 5.41) is 0. The molecule has 0 unspecified atom stereocenters. The highest BCUT2D eigenvalue weighted by atomic mass is 32.2. The zero-order valence-electron chi connectivity index (χ0n) is 79.2. The van der Waals surface area contributed by atoms with Crippen molar-refractivity contribution in [1.29, 1.82) is 0 Å². The molecule has 0 spiro atoms. The Morgan fingerprint density at radius 2 is 0.311 bits per heavy atom. The summed E-state index contributed by atoms with van der Waals surface area (Å²) in [5.41, 5.74) is 23.7. The van der Waals surface area contributed by atoms with Crippen molar-refractivity contribution in [2.75, 3.05) is 72.1 Å². The van der Waals surface area contributed by atoms with Crippen molar-refractivity contribution in [3.8, 4) is 0 Å². The predicted octanol–water partition coefficient (Wildman–Crippen LogP) is 37.7. The molecule has 0 N–H and O–H groups in total. The van der Waals surface area contributed by atoms with Crippen molar-refractivity contribution in [2.24, 2.45) is 0 Å². The molecule has 6 aromatic carbocycles. The maximum atomic E-state index is 2.58. The second-order valence-electron chi connectivity index (χ2n) is 35.6. The van der Waals surface area contributed by atoms with Gasteiger partial charge >= 0.3 is 0 Å². The van der Waals surface area contributed by atoms with E-state index in [1.54, 1.807) is 0 Å². The predicted molar refractivity (Wildman–Crippen MR) is 572 cm³/mol. The SMILES string of the molecule is C/C=C(/C=C(/C=C(/C=C(/C=C(/C=C(/C)c1ccc(CCCCCCCCCCSC)cc1)c1ccc(CCCCCCCCCCSC)cc1)c1ccc(CCCCCCCCCCSC)cc1)c1ccc(CCCCCCCCCCSC)cc1)c1ccc(CCCCCCCCCCSC)cc1)c1ccc(CCCCCCCCCCSC)cc1. The summed E-state index contributed by atoms with van der Waals surface area (Å²) in [6, 6.07) is 58.7. The highest BCUT2D eigenvalue weighted by Gasteiger charge is 2.15. The van der Waals surface area contributed by atoms with Gasteiger partial charge in [-0.15, -0.1) is 0 Å². The van der Waals surface area contributed by atoms with Crippen LogP contribution in [0.2, 0.25) is 0 Å². The van der Waals surface area contributed by atoms with Crippen LogP contribution in [-0.4, -0.2) is 72.1 Å². The summed E-state index contributed by atoms with van der Waals surface area (Å²) >= 11 is 11.9. The minimum atomic E-state index is 1.12. The Balaban J connectivity index is 1.48. The number of hydrogen-bond acceptors (Lipinski definition) is 6. The van der Waals surface area contributed by atoms with Crippen molar-refractivity contribution in [1.82, 2.24) is 0 Å². The first-order valence-corrected chi connectivity index (χ1v) is 58.3. The van der Waals surface area contributed by atoms with E-state index < -0.39 is 0 Å². The summed E-state index contributed by atoms with van der Waals surface area (Å²) in [6.07, 6.45) is 100. The Morgan fingerprint density at radius 3 is 0.484 bits per heavy atom. The summed E-state index contributed by atoms with van der Waals surface area (Å²) in [7, 11) is 0. The lowest BCUT2D eigenvalue weighted by atomic mass is 9.90. The van der Waals surface area contributed by atoms with Gasteiger partial charge in [-0.05, 0) is 326 Å². The minimum Gasteiger partial charge on any atom is -0.165 e. The topological polar surface area (TPSA) is 0 Å². The lowest BCUT2D eigenvalue weighted by Gasteiger charge is -2.15. The molecule has 0 saturated heterocycles. The van der Waals surface area contributed by atoms with E-state index in [1.165, 1.54) is 443 Å². The molecule has 6 heteroatoms. The van der Waals surface area contributed by atoms with Gasteiger partial charge in [0, 0.05) is 0 Å². The average molecular weight is 1760 g/mol. The summed E-state index contributed by atoms with van der Waals surface area (Å²) in [4.78, 5) is 0. The Kier molecular flexibility index (Phi) is 64.4. The van der Waals surface area contributed by atoms with Gasteiger partial charge in [0.05, 0.1) is 0 Å². The monoisotopic (exact) mass is 1760 g/mol. The largest absolute Gasteiger partial charge is 0.165 e. The highest BCUT2D eigenvalue weighted by molar-refractivity contribution is 7.99. The second kappa shape index (κ2) is 73.7. The molecule has 0 saturated carbocycles. The number of hydrogen-bond donors (Lipinski definition) is 0. The van der Waals surface area contributed by atoms with E-state index >= 15 is 0 Å². The Hall–Kier alpha value is -4.14. The molecule has 6 rings (SSSR count). The maximum absolute atomic E-state index is 2.58. The van der Waals surface area contributed by atoms with Gasteiger partial charge in [0.1, 0.15) is 0 Å². The Bertz CT molecular complexity index is 3680. The number of thioether (sulfide) groups is 6. The van der Waals surface area contributed by atoms with Crippen LogP contribution in [0.3, 0.4) is 0 Å². The first-order chi connectivity index (χ1) is 60.3. The van der Waals surface area contributed by atoms with Crippen LogP contribution in [0.5, 0.6) is 0 Å². The van der Waals surface area contributed by atoms with E-state index in [2.05, 4.69) is 233 Å². The minimum absolute atomic E-state index is 1.12. The van der Waals surface area contributed by atoms with Crippen LogP contribution in [-0.2, 0) is 38.5 Å². The highest BCUT2D eigenvalue weighted by Crippen LogP contribution is 2.36. The molecule has 0 nitrogen and oxygen atoms in total. The average Bonchev–Trinajstić information content (AvgIpc) is 0.817. The maximum Gasteiger partial charge on any atom is -0.00703 e. The van der Waals surface area contributed by atoms with Gasteiger partial charge in [0.25, 0.3) is 0 Å². The number of benzene rings is 6. The van der Waals surface area contributed by atoms with Gasteiger partial charge in [-0.2, -0.15) is 70.6 Å². The molecule has 0 fully saturated rings. The van der Waals surface area contributed by atoms with Crippen molar-refractivity contribution >= 4 is 104 Å². The molecule has 0 aliphatic heterocycles. The molecule has 0 amide bonds. The molecule has 0 aliphatic rings. The van der Waals surface area contributed by atoms with Crippen molar-refractivity contribution in [3.63, 3.8) is 0 Å². The molecule has 6 aromatic rings. The standard InChI is InChI=1S/C116H174S6/c1-9-106(108-78-66-101(67-79-108)59-47-35-23-11-17-29-41-53-89-118-4)95-114(110-82-70-103(71-83-110)61-49-37-25-13-19-31-43-55-91-120-6)97-116(112-86-74-105(75-87-112)63-51-39-27-15-21-33-45-57-93-122-8)98-115(111-84-72-104(73-85-111)62-50-38-26-14-20-32-44-56-92-121-7)96-113(109-80-68-102(69-81-109)60-48-36-24-12-18-30-42-54-90-119-5)94-99(2)107-76-64-100(65-77-107)58-46-34-22-10-16-28-40-52-88-117-3/h9,64-87,94-98H,10-63,88-93H2,1-8H3/b99-94-,106-9-,113-96-,114-95-,115-98-,116-97-. The fourth-order valence-corrected chi connectivity index (χ4v) is 20.2. The van der Waals surface area contributed by atoms with E-state index in [0.29, 0.717) is 0 Å². The van der Waals surface area contributed by atoms with Crippen LogP contribution in [0.15, 0.2) is 182 Å². The van der Waals surface area contributed by atoms with Gasteiger partial charge in [-0.25, -0.2) is 0 Å². The summed E-state index contributed by atoms with van der Waals surface area (Å²) in [5.74, 6) is 7.82. The van der Waals surface area contributed by atoms with Crippen LogP contribution in [0.25, 0.3) is 33.4 Å². The van der Waals surface area contributed by atoms with Crippen LogP contribution < -0.4 is 0 Å². The molecule has 674 valence electrons. The quantitative estimate of drug-likeness (QED) is 0.0274. The van der Waals surface area contributed by atoms with Gasteiger partial charge in [-0.3, -0.25) is 0 Å². The number of rotatable bonds is 77. The van der Waals surface area contributed by atoms with E-state index in [-0.39, 0.29) is 0 Å². The summed E-state index contributed by atoms with van der Waals surface area (Å²) < 4.78 is 0. The molecular weight excluding hydrogens is 1590 g/mol. The van der Waals surface area contributed by atoms with E-state index in [0.717, 1.165) is 38.5 Å². The van der Waals surface area contributed by atoms with Gasteiger partial charge < -0.3 is 0 Å². The van der Waals surface area contributed by atoms with E-state index in [4.69, 9.17) is 0 Å². The molecule has 0 radical (unpaired) electrons. The zero-order chi connectivity index (χ0) is 86.3. The van der Waals surface area contributed by atoms with Crippen LogP contribution in [0.4, 0.5) is 0 Å². The fourth-order valence-electron chi connectivity index (χ4n) is 17.2. The molecular formula is C116H174S6. The zero-order valence-corrected chi connectivity index (χ0v) is 84.1. The van der Waals surface area contributed by atoms with Gasteiger partial charge in [0.2, 0.25) is 0 Å². The lowest BCUT2D eigenvalue weighted by molar-refractivity contribution is 0.576. The van der Waals surface area contributed by atoms with E-state index in [9.17, 15) is 0 Å². The fraction of sp³-hybridized carbons (Fsp3) is 0.586. The van der Waals surface area contributed by atoms with Crippen LogP contribution >= 0.6 is 70.6 Å². The molecule has 0 aromatic heterocycles. The first kappa shape index (κ1) is 107. The first-order valence-electron chi connectivity index (χ1n) is 50.0. The molecule has 0 bridgehead atoms. The van der Waals surface area contributed by atoms with E-state index in [1.807, 2.05) is 70.6 Å². The summed E-state index contributed by atoms with van der Waals surface area (Å²) in [6.45, 7) is 4.61. The van der Waals surface area contributed by atoms with Crippen LogP contribution in [0, 0.1) is 0 Å².